The van der Waals surface area contributed by atoms with E-state index in [0.717, 1.165) is 5.56 Å². The lowest BCUT2D eigenvalue weighted by Gasteiger charge is -2.13. The molecule has 1 aromatic rings. The van der Waals surface area contributed by atoms with E-state index < -0.39 is 12.6 Å². The zero-order valence-corrected chi connectivity index (χ0v) is 9.07. The first-order valence-corrected chi connectivity index (χ1v) is 5.08. The van der Waals surface area contributed by atoms with Crippen molar-refractivity contribution in [2.45, 2.75) is 31.9 Å². The number of hydrogen-bond acceptors (Lipinski definition) is 0. The van der Waals surface area contributed by atoms with Gasteiger partial charge in [-0.2, -0.15) is 13.2 Å². The predicted octanol–water partition coefficient (Wildman–Crippen LogP) is 4.79. The van der Waals surface area contributed by atoms with Crippen molar-refractivity contribution in [2.24, 2.45) is 0 Å². The fourth-order valence-electron chi connectivity index (χ4n) is 1.34. The highest BCUT2D eigenvalue weighted by Gasteiger charge is 2.27. The number of rotatable bonds is 3. The molecule has 0 aliphatic rings. The van der Waals surface area contributed by atoms with Crippen molar-refractivity contribution < 1.29 is 13.2 Å². The molecule has 0 saturated carbocycles. The molecular formula is C11H12ClF3. The Hall–Kier alpha value is -0.700. The molecule has 0 N–H and O–H groups in total. The predicted molar refractivity (Wildman–Crippen MR) is 55.2 cm³/mol. The molecule has 0 spiro atoms. The highest BCUT2D eigenvalue weighted by Crippen LogP contribution is 2.29. The number of hydrogen-bond donors (Lipinski definition) is 0. The van der Waals surface area contributed by atoms with Crippen molar-refractivity contribution in [3.05, 3.63) is 34.9 Å². The van der Waals surface area contributed by atoms with Gasteiger partial charge in [-0.05, 0) is 30.0 Å². The van der Waals surface area contributed by atoms with Gasteiger partial charge in [-0.3, -0.25) is 0 Å². The molecule has 15 heavy (non-hydrogen) atoms. The van der Waals surface area contributed by atoms with Crippen LogP contribution >= 0.6 is 11.6 Å². The minimum absolute atomic E-state index is 0.0936. The number of alkyl halides is 3. The van der Waals surface area contributed by atoms with E-state index >= 15 is 0 Å². The standard InChI is InChI=1S/C11H12ClF3/c1-8(6-7-11(13,14)15)9-2-4-10(12)5-3-9/h2-5,8H,6-7H2,1H3. The van der Waals surface area contributed by atoms with Crippen LogP contribution in [0.3, 0.4) is 0 Å². The summed E-state index contributed by atoms with van der Waals surface area (Å²) < 4.78 is 35.9. The molecule has 0 nitrogen and oxygen atoms in total. The summed E-state index contributed by atoms with van der Waals surface area (Å²) in [6, 6.07) is 6.93. The van der Waals surface area contributed by atoms with E-state index in [4.69, 9.17) is 11.6 Å². The van der Waals surface area contributed by atoms with Gasteiger partial charge in [0.25, 0.3) is 0 Å². The van der Waals surface area contributed by atoms with Gasteiger partial charge in [0, 0.05) is 11.4 Å². The smallest absolute Gasteiger partial charge is 0.171 e. The van der Waals surface area contributed by atoms with Crippen molar-refractivity contribution in [2.75, 3.05) is 0 Å². The van der Waals surface area contributed by atoms with Crippen LogP contribution in [0.15, 0.2) is 24.3 Å². The molecule has 0 aliphatic carbocycles. The molecule has 0 aromatic heterocycles. The first kappa shape index (κ1) is 12.4. The molecule has 0 radical (unpaired) electrons. The maximum absolute atomic E-state index is 12.0. The maximum atomic E-state index is 12.0. The molecule has 1 unspecified atom stereocenters. The van der Waals surface area contributed by atoms with Crippen LogP contribution < -0.4 is 0 Å². The molecule has 84 valence electrons. The van der Waals surface area contributed by atoms with Crippen LogP contribution in [-0.2, 0) is 0 Å². The summed E-state index contributed by atoms with van der Waals surface area (Å²) in [6.45, 7) is 1.79. The monoisotopic (exact) mass is 236 g/mol. The Balaban J connectivity index is 2.54. The average Bonchev–Trinajstić information content (AvgIpc) is 2.14. The molecule has 1 aromatic carbocycles. The topological polar surface area (TPSA) is 0 Å². The fraction of sp³-hybridized carbons (Fsp3) is 0.455. The van der Waals surface area contributed by atoms with Gasteiger partial charge < -0.3 is 0 Å². The van der Waals surface area contributed by atoms with E-state index in [0.29, 0.717) is 5.02 Å². The van der Waals surface area contributed by atoms with Crippen LogP contribution in [0.5, 0.6) is 0 Å². The Labute approximate surface area is 92.1 Å². The third-order valence-electron chi connectivity index (χ3n) is 2.30. The van der Waals surface area contributed by atoms with Crippen molar-refractivity contribution in [1.29, 1.82) is 0 Å². The molecule has 1 atom stereocenters. The van der Waals surface area contributed by atoms with E-state index in [-0.39, 0.29) is 12.3 Å². The molecule has 0 saturated heterocycles. The van der Waals surface area contributed by atoms with Crippen LogP contribution in [0.25, 0.3) is 0 Å². The molecule has 0 bridgehead atoms. The second-order valence-corrected chi connectivity index (χ2v) is 4.04. The maximum Gasteiger partial charge on any atom is 0.389 e. The number of benzene rings is 1. The number of halogens is 4. The van der Waals surface area contributed by atoms with Gasteiger partial charge in [-0.25, -0.2) is 0 Å². The van der Waals surface area contributed by atoms with Crippen molar-refractivity contribution in [1.82, 2.24) is 0 Å². The Morgan fingerprint density at radius 1 is 1.20 bits per heavy atom. The summed E-state index contributed by atoms with van der Waals surface area (Å²) in [5, 5.41) is 0.599. The minimum Gasteiger partial charge on any atom is -0.171 e. The lowest BCUT2D eigenvalue weighted by atomic mass is 9.96. The lowest BCUT2D eigenvalue weighted by Crippen LogP contribution is -2.08. The Morgan fingerprint density at radius 3 is 2.20 bits per heavy atom. The second kappa shape index (κ2) is 4.88. The molecule has 0 heterocycles. The highest BCUT2D eigenvalue weighted by molar-refractivity contribution is 6.30. The lowest BCUT2D eigenvalue weighted by molar-refractivity contribution is -0.136. The zero-order valence-electron chi connectivity index (χ0n) is 8.31. The molecule has 0 fully saturated rings. The van der Waals surface area contributed by atoms with Gasteiger partial charge in [0.2, 0.25) is 0 Å². The third kappa shape index (κ3) is 4.56. The first-order valence-electron chi connectivity index (χ1n) is 4.71. The van der Waals surface area contributed by atoms with Gasteiger partial charge >= 0.3 is 6.18 Å². The van der Waals surface area contributed by atoms with Crippen molar-refractivity contribution >= 4 is 11.6 Å². The van der Waals surface area contributed by atoms with Gasteiger partial charge in [-0.15, -0.1) is 0 Å². The Kier molecular flexibility index (Phi) is 4.03. The van der Waals surface area contributed by atoms with Gasteiger partial charge in [0.1, 0.15) is 0 Å². The van der Waals surface area contributed by atoms with Gasteiger partial charge in [0.15, 0.2) is 0 Å². The van der Waals surface area contributed by atoms with Crippen LogP contribution in [-0.4, -0.2) is 6.18 Å². The van der Waals surface area contributed by atoms with Crippen LogP contribution in [0.1, 0.15) is 31.2 Å². The Bertz CT molecular complexity index is 303. The fourth-order valence-corrected chi connectivity index (χ4v) is 1.46. The van der Waals surface area contributed by atoms with Crippen LogP contribution in [0, 0.1) is 0 Å². The van der Waals surface area contributed by atoms with Gasteiger partial charge in [0.05, 0.1) is 0 Å². The normalized spacial score (nSPS) is 13.9. The SMILES string of the molecule is CC(CCC(F)(F)F)c1ccc(Cl)cc1. The van der Waals surface area contributed by atoms with Crippen molar-refractivity contribution in [3.63, 3.8) is 0 Å². The molecule has 1 rings (SSSR count). The molecule has 0 amide bonds. The summed E-state index contributed by atoms with van der Waals surface area (Å²) in [7, 11) is 0. The van der Waals surface area contributed by atoms with E-state index in [9.17, 15) is 13.2 Å². The van der Waals surface area contributed by atoms with Crippen molar-refractivity contribution in [3.8, 4) is 0 Å². The largest absolute Gasteiger partial charge is 0.389 e. The molecular weight excluding hydrogens is 225 g/mol. The highest BCUT2D eigenvalue weighted by atomic mass is 35.5. The van der Waals surface area contributed by atoms with E-state index in [1.54, 1.807) is 31.2 Å². The molecule has 4 heteroatoms. The molecule has 0 aliphatic heterocycles. The quantitative estimate of drug-likeness (QED) is 0.708. The van der Waals surface area contributed by atoms with Gasteiger partial charge in [-0.1, -0.05) is 30.7 Å². The second-order valence-electron chi connectivity index (χ2n) is 3.61. The summed E-state index contributed by atoms with van der Waals surface area (Å²) in [4.78, 5) is 0. The summed E-state index contributed by atoms with van der Waals surface area (Å²) in [5.41, 5.74) is 0.892. The summed E-state index contributed by atoms with van der Waals surface area (Å²) >= 11 is 5.69. The van der Waals surface area contributed by atoms with Crippen LogP contribution in [0.2, 0.25) is 5.02 Å². The third-order valence-corrected chi connectivity index (χ3v) is 2.55. The summed E-state index contributed by atoms with van der Waals surface area (Å²) in [6.07, 6.45) is -4.69. The van der Waals surface area contributed by atoms with E-state index in [1.165, 1.54) is 0 Å². The Morgan fingerprint density at radius 2 is 1.73 bits per heavy atom. The van der Waals surface area contributed by atoms with E-state index in [1.807, 2.05) is 0 Å². The zero-order chi connectivity index (χ0) is 11.5. The minimum atomic E-state index is -4.07. The van der Waals surface area contributed by atoms with Crippen LogP contribution in [0.4, 0.5) is 13.2 Å². The van der Waals surface area contributed by atoms with E-state index in [2.05, 4.69) is 0 Å². The average molecular weight is 237 g/mol. The summed E-state index contributed by atoms with van der Waals surface area (Å²) in [5.74, 6) is -0.0936. The first-order chi connectivity index (χ1) is 6.88.